The molecule has 3 rings (SSSR count). The normalized spacial score (nSPS) is 21.7. The highest BCUT2D eigenvalue weighted by molar-refractivity contribution is 7.14. The van der Waals surface area contributed by atoms with Crippen molar-refractivity contribution >= 4 is 29.1 Å². The summed E-state index contributed by atoms with van der Waals surface area (Å²) >= 11 is 1.53. The molecule has 0 spiro atoms. The van der Waals surface area contributed by atoms with Gasteiger partial charge in [-0.15, -0.1) is 11.3 Å². The number of thiophene rings is 1. The number of fused-ring (bicyclic) bond motifs is 1. The second-order valence-electron chi connectivity index (χ2n) is 7.34. The molecular formula is C19H27N3O3S. The molecular weight excluding hydrogens is 350 g/mol. The highest BCUT2D eigenvalue weighted by atomic mass is 32.1. The van der Waals surface area contributed by atoms with E-state index in [4.69, 9.17) is 0 Å². The highest BCUT2D eigenvalue weighted by Crippen LogP contribution is 2.37. The SMILES string of the molecule is C[C@H]1C[C@H]1C(=O)NCCC(=O)NNC(=O)c1cc2c(s1)CCCCCC2. The van der Waals surface area contributed by atoms with E-state index < -0.39 is 0 Å². The van der Waals surface area contributed by atoms with Crippen LogP contribution < -0.4 is 16.2 Å². The average molecular weight is 378 g/mol. The van der Waals surface area contributed by atoms with Crippen LogP contribution in [0, 0.1) is 11.8 Å². The molecule has 3 N–H and O–H groups in total. The summed E-state index contributed by atoms with van der Waals surface area (Å²) in [5, 5.41) is 2.76. The topological polar surface area (TPSA) is 87.3 Å². The Morgan fingerprint density at radius 1 is 1.12 bits per heavy atom. The monoisotopic (exact) mass is 377 g/mol. The second kappa shape index (κ2) is 8.66. The number of hydrogen-bond acceptors (Lipinski definition) is 4. The minimum atomic E-state index is -0.308. The molecule has 0 aromatic carbocycles. The van der Waals surface area contributed by atoms with Gasteiger partial charge in [0, 0.05) is 23.8 Å². The second-order valence-corrected chi connectivity index (χ2v) is 8.47. The summed E-state index contributed by atoms with van der Waals surface area (Å²) in [7, 11) is 0. The van der Waals surface area contributed by atoms with Gasteiger partial charge in [0.15, 0.2) is 0 Å². The summed E-state index contributed by atoms with van der Waals surface area (Å²) in [5.74, 6) is -0.00181. The van der Waals surface area contributed by atoms with Crippen molar-refractivity contribution in [2.75, 3.05) is 6.54 Å². The molecule has 2 aliphatic rings. The molecule has 1 aromatic heterocycles. The van der Waals surface area contributed by atoms with Gasteiger partial charge in [-0.05, 0) is 49.7 Å². The Bertz CT molecular complexity index is 660. The zero-order valence-electron chi connectivity index (χ0n) is 15.2. The number of hydrogen-bond donors (Lipinski definition) is 3. The summed E-state index contributed by atoms with van der Waals surface area (Å²) in [5.41, 5.74) is 6.19. The minimum absolute atomic E-state index is 0.0188. The van der Waals surface area contributed by atoms with Crippen LogP contribution >= 0.6 is 11.3 Å². The van der Waals surface area contributed by atoms with Gasteiger partial charge in [0.1, 0.15) is 0 Å². The molecule has 2 atom stereocenters. The Kier molecular flexibility index (Phi) is 6.29. The van der Waals surface area contributed by atoms with Crippen LogP contribution in [0.3, 0.4) is 0 Å². The van der Waals surface area contributed by atoms with Crippen LogP contribution in [0.2, 0.25) is 0 Å². The van der Waals surface area contributed by atoms with Gasteiger partial charge in [0.2, 0.25) is 11.8 Å². The molecule has 0 bridgehead atoms. The third kappa shape index (κ3) is 5.06. The van der Waals surface area contributed by atoms with Crippen LogP contribution in [0.4, 0.5) is 0 Å². The van der Waals surface area contributed by atoms with Crippen molar-refractivity contribution in [1.82, 2.24) is 16.2 Å². The third-order valence-electron chi connectivity index (χ3n) is 5.13. The molecule has 142 valence electrons. The van der Waals surface area contributed by atoms with Gasteiger partial charge in [-0.25, -0.2) is 0 Å². The molecule has 0 unspecified atom stereocenters. The van der Waals surface area contributed by atoms with Gasteiger partial charge < -0.3 is 5.32 Å². The van der Waals surface area contributed by atoms with Crippen molar-refractivity contribution in [2.24, 2.45) is 11.8 Å². The molecule has 26 heavy (non-hydrogen) atoms. The van der Waals surface area contributed by atoms with Gasteiger partial charge in [-0.3, -0.25) is 25.2 Å². The average Bonchev–Trinajstić information content (AvgIpc) is 3.21. The third-order valence-corrected chi connectivity index (χ3v) is 6.37. The van der Waals surface area contributed by atoms with E-state index in [1.54, 1.807) is 0 Å². The van der Waals surface area contributed by atoms with Gasteiger partial charge >= 0.3 is 0 Å². The lowest BCUT2D eigenvalue weighted by Gasteiger charge is -2.07. The maximum Gasteiger partial charge on any atom is 0.279 e. The largest absolute Gasteiger partial charge is 0.355 e. The standard InChI is InChI=1S/C19H27N3O3S/c1-12-10-14(12)18(24)20-9-8-17(23)21-22-19(25)16-11-13-6-4-2-3-5-7-15(13)26-16/h11-12,14H,2-10H2,1H3,(H,20,24)(H,21,23)(H,22,25)/t12-,14+/m0/s1. The summed E-state index contributed by atoms with van der Waals surface area (Å²) < 4.78 is 0. The molecule has 3 amide bonds. The van der Waals surface area contributed by atoms with Crippen molar-refractivity contribution in [2.45, 2.75) is 58.3 Å². The molecule has 7 heteroatoms. The van der Waals surface area contributed by atoms with Gasteiger partial charge in [-0.2, -0.15) is 0 Å². The first-order valence-electron chi connectivity index (χ1n) is 9.53. The predicted molar refractivity (Wildman–Crippen MR) is 101 cm³/mol. The maximum atomic E-state index is 12.3. The highest BCUT2D eigenvalue weighted by Gasteiger charge is 2.38. The van der Waals surface area contributed by atoms with Crippen LogP contribution in [0.1, 0.15) is 65.6 Å². The summed E-state index contributed by atoms with van der Waals surface area (Å²) in [4.78, 5) is 37.7. The van der Waals surface area contributed by atoms with E-state index in [0.717, 1.165) is 19.3 Å². The number of rotatable bonds is 5. The molecule has 0 aliphatic heterocycles. The predicted octanol–water partition coefficient (Wildman–Crippen LogP) is 2.33. The smallest absolute Gasteiger partial charge is 0.279 e. The van der Waals surface area contributed by atoms with Crippen molar-refractivity contribution in [3.05, 3.63) is 21.4 Å². The lowest BCUT2D eigenvalue weighted by molar-refractivity contribution is -0.123. The molecule has 1 fully saturated rings. The molecule has 2 aliphatic carbocycles. The first-order chi connectivity index (χ1) is 12.5. The Balaban J connectivity index is 1.39. The van der Waals surface area contributed by atoms with Crippen molar-refractivity contribution < 1.29 is 14.4 Å². The fourth-order valence-electron chi connectivity index (χ4n) is 3.32. The summed E-state index contributed by atoms with van der Waals surface area (Å²) in [6.07, 6.45) is 8.01. The van der Waals surface area contributed by atoms with E-state index in [-0.39, 0.29) is 36.6 Å². The van der Waals surface area contributed by atoms with Crippen LogP contribution in [0.25, 0.3) is 0 Å². The van der Waals surface area contributed by atoms with Gasteiger partial charge in [-0.1, -0.05) is 19.8 Å². The van der Waals surface area contributed by atoms with E-state index in [2.05, 4.69) is 16.2 Å². The Morgan fingerprint density at radius 2 is 1.85 bits per heavy atom. The lowest BCUT2D eigenvalue weighted by Crippen LogP contribution is -2.42. The van der Waals surface area contributed by atoms with Crippen LogP contribution in [0.5, 0.6) is 0 Å². The molecule has 6 nitrogen and oxygen atoms in total. The van der Waals surface area contributed by atoms with Gasteiger partial charge in [0.05, 0.1) is 4.88 Å². The number of carbonyl (C=O) groups excluding carboxylic acids is 3. The van der Waals surface area contributed by atoms with Crippen molar-refractivity contribution in [3.63, 3.8) is 0 Å². The van der Waals surface area contributed by atoms with Gasteiger partial charge in [0.25, 0.3) is 5.91 Å². The number of carbonyl (C=O) groups is 3. The zero-order valence-corrected chi connectivity index (χ0v) is 16.0. The first kappa shape index (κ1) is 18.9. The van der Waals surface area contributed by atoms with E-state index in [0.29, 0.717) is 10.8 Å². The molecule has 1 heterocycles. The quantitative estimate of drug-likeness (QED) is 0.688. The number of amides is 3. The van der Waals surface area contributed by atoms with Crippen LogP contribution in [0.15, 0.2) is 6.07 Å². The fraction of sp³-hybridized carbons (Fsp3) is 0.632. The zero-order chi connectivity index (χ0) is 18.5. The van der Waals surface area contributed by atoms with Crippen LogP contribution in [-0.4, -0.2) is 24.3 Å². The first-order valence-corrected chi connectivity index (χ1v) is 10.3. The number of nitrogens with one attached hydrogen (secondary N) is 3. The maximum absolute atomic E-state index is 12.3. The number of aryl methyl sites for hydroxylation is 2. The Morgan fingerprint density at radius 3 is 2.58 bits per heavy atom. The van der Waals surface area contributed by atoms with E-state index in [9.17, 15) is 14.4 Å². The van der Waals surface area contributed by atoms with E-state index in [1.807, 2.05) is 13.0 Å². The van der Waals surface area contributed by atoms with Crippen molar-refractivity contribution in [3.8, 4) is 0 Å². The van der Waals surface area contributed by atoms with E-state index >= 15 is 0 Å². The molecule has 0 radical (unpaired) electrons. The Labute approximate surface area is 158 Å². The number of hydrazine groups is 1. The lowest BCUT2D eigenvalue weighted by atomic mass is 10.00. The Hall–Kier alpha value is -1.89. The fourth-order valence-corrected chi connectivity index (χ4v) is 4.47. The van der Waals surface area contributed by atoms with E-state index in [1.165, 1.54) is 47.5 Å². The molecule has 0 saturated heterocycles. The molecule has 1 aromatic rings. The summed E-state index contributed by atoms with van der Waals surface area (Å²) in [6.45, 7) is 2.33. The summed E-state index contributed by atoms with van der Waals surface area (Å²) in [6, 6.07) is 1.96. The molecule has 1 saturated carbocycles. The minimum Gasteiger partial charge on any atom is -0.355 e. The van der Waals surface area contributed by atoms with Crippen molar-refractivity contribution in [1.29, 1.82) is 0 Å². The van der Waals surface area contributed by atoms with Crippen LogP contribution in [-0.2, 0) is 22.4 Å².